The second-order valence-corrected chi connectivity index (χ2v) is 5.35. The molecule has 1 rings (SSSR count). The molecule has 3 nitrogen and oxygen atoms in total. The van der Waals surface area contributed by atoms with Crippen molar-refractivity contribution in [3.05, 3.63) is 22.7 Å². The zero-order valence-corrected chi connectivity index (χ0v) is 9.93. The third-order valence-electron chi connectivity index (χ3n) is 1.68. The van der Waals surface area contributed by atoms with E-state index in [0.29, 0.717) is 15.1 Å². The number of hydrogen-bond acceptors (Lipinski definition) is 3. The molecule has 0 aliphatic carbocycles. The summed E-state index contributed by atoms with van der Waals surface area (Å²) in [5.41, 5.74) is 6.14. The molecule has 0 bridgehead atoms. The maximum absolute atomic E-state index is 11.7. The van der Waals surface area contributed by atoms with Crippen LogP contribution in [0.2, 0.25) is 0 Å². The lowest BCUT2D eigenvalue weighted by Crippen LogP contribution is -2.08. The van der Waals surface area contributed by atoms with Crippen molar-refractivity contribution in [3.63, 3.8) is 0 Å². The van der Waals surface area contributed by atoms with Gasteiger partial charge in [-0.05, 0) is 41.1 Å². The van der Waals surface area contributed by atoms with E-state index in [2.05, 4.69) is 15.9 Å². The van der Waals surface area contributed by atoms with Crippen LogP contribution < -0.4 is 5.73 Å². The minimum absolute atomic E-state index is 0.519. The molecule has 0 fully saturated rings. The van der Waals surface area contributed by atoms with Crippen molar-refractivity contribution >= 4 is 32.4 Å². The molecule has 2 N–H and O–H groups in total. The SMILES string of the molecule is CC(C#N)S(=O)c1ccc(N)cc1Br. The van der Waals surface area contributed by atoms with Crippen molar-refractivity contribution in [2.24, 2.45) is 0 Å². The Morgan fingerprint density at radius 3 is 2.79 bits per heavy atom. The highest BCUT2D eigenvalue weighted by molar-refractivity contribution is 9.10. The van der Waals surface area contributed by atoms with Gasteiger partial charge in [0.15, 0.2) is 0 Å². The molecule has 0 aliphatic heterocycles. The first-order valence-corrected chi connectivity index (χ1v) is 5.92. The lowest BCUT2D eigenvalue weighted by Gasteiger charge is -2.06. The number of halogens is 1. The molecular weight excluding hydrogens is 264 g/mol. The van der Waals surface area contributed by atoms with Gasteiger partial charge in [-0.15, -0.1) is 0 Å². The second kappa shape index (κ2) is 4.58. The van der Waals surface area contributed by atoms with Crippen molar-refractivity contribution in [3.8, 4) is 6.07 Å². The topological polar surface area (TPSA) is 66.9 Å². The van der Waals surface area contributed by atoms with Gasteiger partial charge in [-0.25, -0.2) is 0 Å². The van der Waals surface area contributed by atoms with Crippen LogP contribution in [0, 0.1) is 11.3 Å². The Morgan fingerprint density at radius 1 is 1.64 bits per heavy atom. The lowest BCUT2D eigenvalue weighted by molar-refractivity contribution is 0.680. The number of rotatable bonds is 2. The predicted molar refractivity (Wildman–Crippen MR) is 60.0 cm³/mol. The van der Waals surface area contributed by atoms with Crippen LogP contribution in [-0.2, 0) is 10.8 Å². The Bertz CT molecular complexity index is 414. The average molecular weight is 273 g/mol. The number of benzene rings is 1. The monoisotopic (exact) mass is 272 g/mol. The summed E-state index contributed by atoms with van der Waals surface area (Å²) >= 11 is 3.26. The Morgan fingerprint density at radius 2 is 2.29 bits per heavy atom. The summed E-state index contributed by atoms with van der Waals surface area (Å²) in [6.45, 7) is 1.62. The molecule has 14 heavy (non-hydrogen) atoms. The van der Waals surface area contributed by atoms with Crippen LogP contribution in [0.3, 0.4) is 0 Å². The van der Waals surface area contributed by atoms with E-state index in [9.17, 15) is 4.21 Å². The number of hydrogen-bond donors (Lipinski definition) is 1. The van der Waals surface area contributed by atoms with Crippen LogP contribution in [-0.4, -0.2) is 9.46 Å². The molecule has 74 valence electrons. The summed E-state index contributed by atoms with van der Waals surface area (Å²) < 4.78 is 12.4. The van der Waals surface area contributed by atoms with E-state index in [-0.39, 0.29) is 0 Å². The molecule has 0 amide bonds. The highest BCUT2D eigenvalue weighted by Crippen LogP contribution is 2.24. The molecule has 5 heteroatoms. The van der Waals surface area contributed by atoms with E-state index in [0.717, 1.165) is 0 Å². The zero-order valence-electron chi connectivity index (χ0n) is 7.53. The molecule has 0 saturated heterocycles. The first-order valence-electron chi connectivity index (χ1n) is 3.91. The zero-order chi connectivity index (χ0) is 10.7. The largest absolute Gasteiger partial charge is 0.399 e. The van der Waals surface area contributed by atoms with Crippen LogP contribution in [0.4, 0.5) is 5.69 Å². The van der Waals surface area contributed by atoms with E-state index < -0.39 is 16.0 Å². The third kappa shape index (κ3) is 2.34. The maximum atomic E-state index is 11.7. The van der Waals surface area contributed by atoms with Crippen molar-refractivity contribution in [2.75, 3.05) is 5.73 Å². The number of nitrogens with two attached hydrogens (primary N) is 1. The van der Waals surface area contributed by atoms with Gasteiger partial charge in [0.25, 0.3) is 0 Å². The molecule has 2 atom stereocenters. The molecule has 0 aliphatic rings. The van der Waals surface area contributed by atoms with E-state index in [4.69, 9.17) is 11.0 Å². The Kier molecular flexibility index (Phi) is 3.67. The van der Waals surface area contributed by atoms with Gasteiger partial charge in [-0.3, -0.25) is 4.21 Å². The summed E-state index contributed by atoms with van der Waals surface area (Å²) in [5, 5.41) is 8.11. The normalized spacial score (nSPS) is 14.4. The number of nitrogens with zero attached hydrogens (tertiary/aromatic N) is 1. The highest BCUT2D eigenvalue weighted by Gasteiger charge is 2.15. The molecule has 0 radical (unpaired) electrons. The summed E-state index contributed by atoms with van der Waals surface area (Å²) in [4.78, 5) is 0.605. The van der Waals surface area contributed by atoms with E-state index >= 15 is 0 Å². The van der Waals surface area contributed by atoms with Crippen molar-refractivity contribution in [2.45, 2.75) is 17.1 Å². The molecule has 0 heterocycles. The highest BCUT2D eigenvalue weighted by atomic mass is 79.9. The Balaban J connectivity index is 3.09. The summed E-state index contributed by atoms with van der Waals surface area (Å²) in [5.74, 6) is 0. The fourth-order valence-electron chi connectivity index (χ4n) is 0.919. The molecule has 0 saturated carbocycles. The van der Waals surface area contributed by atoms with Crippen LogP contribution in [0.15, 0.2) is 27.6 Å². The van der Waals surface area contributed by atoms with E-state index in [1.165, 1.54) is 0 Å². The van der Waals surface area contributed by atoms with Crippen LogP contribution >= 0.6 is 15.9 Å². The minimum atomic E-state index is -1.31. The van der Waals surface area contributed by atoms with Gasteiger partial charge < -0.3 is 5.73 Å². The molecule has 2 unspecified atom stereocenters. The number of anilines is 1. The summed E-state index contributed by atoms with van der Waals surface area (Å²) in [6, 6.07) is 6.97. The van der Waals surface area contributed by atoms with Crippen LogP contribution in [0.5, 0.6) is 0 Å². The maximum Gasteiger partial charge on any atom is 0.123 e. The van der Waals surface area contributed by atoms with Gasteiger partial charge >= 0.3 is 0 Å². The van der Waals surface area contributed by atoms with Gasteiger partial charge in [0, 0.05) is 10.2 Å². The van der Waals surface area contributed by atoms with Crippen molar-refractivity contribution in [1.82, 2.24) is 0 Å². The molecule has 1 aromatic carbocycles. The molecular formula is C9H9BrN2OS. The average Bonchev–Trinajstić information content (AvgIpc) is 2.15. The van der Waals surface area contributed by atoms with Crippen LogP contribution in [0.1, 0.15) is 6.92 Å². The van der Waals surface area contributed by atoms with Gasteiger partial charge in [-0.2, -0.15) is 5.26 Å². The number of nitriles is 1. The minimum Gasteiger partial charge on any atom is -0.399 e. The van der Waals surface area contributed by atoms with E-state index in [1.54, 1.807) is 25.1 Å². The van der Waals surface area contributed by atoms with E-state index in [1.807, 2.05) is 6.07 Å². The Labute approximate surface area is 93.5 Å². The van der Waals surface area contributed by atoms with Crippen molar-refractivity contribution < 1.29 is 4.21 Å². The summed E-state index contributed by atoms with van der Waals surface area (Å²) in [7, 11) is -1.31. The molecule has 0 spiro atoms. The third-order valence-corrected chi connectivity index (χ3v) is 4.13. The van der Waals surface area contributed by atoms with Gasteiger partial charge in [0.1, 0.15) is 5.25 Å². The van der Waals surface area contributed by atoms with Crippen LogP contribution in [0.25, 0.3) is 0 Å². The van der Waals surface area contributed by atoms with Gasteiger partial charge in [-0.1, -0.05) is 0 Å². The number of nitrogen functional groups attached to an aromatic ring is 1. The molecule has 1 aromatic rings. The molecule has 0 aromatic heterocycles. The first kappa shape index (κ1) is 11.2. The van der Waals surface area contributed by atoms with Gasteiger partial charge in [0.05, 0.1) is 21.8 Å². The summed E-state index contributed by atoms with van der Waals surface area (Å²) in [6.07, 6.45) is 0. The predicted octanol–water partition coefficient (Wildman–Crippen LogP) is 2.05. The fraction of sp³-hybridized carbons (Fsp3) is 0.222. The second-order valence-electron chi connectivity index (χ2n) is 2.76. The lowest BCUT2D eigenvalue weighted by atomic mass is 10.3. The fourth-order valence-corrected chi connectivity index (χ4v) is 2.72. The quantitative estimate of drug-likeness (QED) is 0.838. The first-order chi connectivity index (χ1) is 6.56. The smallest absolute Gasteiger partial charge is 0.123 e. The Hall–Kier alpha value is -0.860. The van der Waals surface area contributed by atoms with Gasteiger partial charge in [0.2, 0.25) is 0 Å². The van der Waals surface area contributed by atoms with Crippen molar-refractivity contribution in [1.29, 1.82) is 5.26 Å². The standard InChI is InChI=1S/C9H9BrN2OS/c1-6(5-11)14(13)9-3-2-7(12)4-8(9)10/h2-4,6H,12H2,1H3.